The monoisotopic (exact) mass is 262 g/mol. The molecule has 1 aromatic carbocycles. The van der Waals surface area contributed by atoms with Crippen LogP contribution in [0.2, 0.25) is 0 Å². The van der Waals surface area contributed by atoms with Crippen molar-refractivity contribution in [3.05, 3.63) is 34.7 Å². The van der Waals surface area contributed by atoms with Gasteiger partial charge in [0.2, 0.25) is 0 Å². The van der Waals surface area contributed by atoms with Crippen LogP contribution in [0.3, 0.4) is 0 Å². The predicted octanol–water partition coefficient (Wildman–Crippen LogP) is 3.05. The highest BCUT2D eigenvalue weighted by Crippen LogP contribution is 2.16. The van der Waals surface area contributed by atoms with Crippen molar-refractivity contribution in [3.8, 4) is 0 Å². The third-order valence-electron chi connectivity index (χ3n) is 3.50. The summed E-state index contributed by atoms with van der Waals surface area (Å²) in [6, 6.07) is 8.21. The number of hydrogen-bond acceptors (Lipinski definition) is 1. The van der Waals surface area contributed by atoms with E-state index in [9.17, 15) is 4.21 Å². The molecule has 1 unspecified atom stereocenters. The molecule has 0 radical (unpaired) electrons. The zero-order chi connectivity index (χ0) is 12.8. The van der Waals surface area contributed by atoms with Crippen molar-refractivity contribution in [2.45, 2.75) is 51.9 Å². The van der Waals surface area contributed by atoms with Crippen LogP contribution in [0.4, 0.5) is 0 Å². The summed E-state index contributed by atoms with van der Waals surface area (Å²) in [5.41, 5.74) is 0. The summed E-state index contributed by atoms with van der Waals surface area (Å²) < 4.78 is 12.0. The van der Waals surface area contributed by atoms with Crippen molar-refractivity contribution >= 4 is 21.1 Å². The molecule has 1 nitrogen and oxygen atoms in total. The lowest BCUT2D eigenvalue weighted by atomic mass is 10.1. The highest BCUT2D eigenvalue weighted by molar-refractivity contribution is 8.01. The van der Waals surface area contributed by atoms with Crippen LogP contribution in [0.5, 0.6) is 0 Å². The van der Waals surface area contributed by atoms with Crippen LogP contribution >= 0.6 is 0 Å². The van der Waals surface area contributed by atoms with Gasteiger partial charge in [0.15, 0.2) is 0 Å². The Bertz CT molecular complexity index is 530. The summed E-state index contributed by atoms with van der Waals surface area (Å²) in [6.07, 6.45) is 8.74. The minimum Gasteiger partial charge on any atom is -0.250 e. The molecule has 1 atom stereocenters. The van der Waals surface area contributed by atoms with Gasteiger partial charge in [-0.25, -0.2) is 4.21 Å². The molecule has 0 aliphatic carbocycles. The maximum atomic E-state index is 12.0. The lowest BCUT2D eigenvalue weighted by molar-refractivity contribution is 0.614. The van der Waals surface area contributed by atoms with Crippen LogP contribution in [0.25, 0.3) is 10.3 Å². The molecule has 0 aromatic heterocycles. The summed E-state index contributed by atoms with van der Waals surface area (Å²) in [6.45, 7) is 2.24. The molecule has 98 valence electrons. The third-order valence-corrected chi connectivity index (χ3v) is 4.87. The fraction of sp³-hybridized carbons (Fsp3) is 0.500. The Labute approximate surface area is 112 Å². The topological polar surface area (TPSA) is 17.1 Å². The van der Waals surface area contributed by atoms with E-state index in [0.29, 0.717) is 0 Å². The van der Waals surface area contributed by atoms with Crippen LogP contribution < -0.4 is 10.4 Å². The molecular formula is C16H22OS. The molecule has 0 saturated heterocycles. The maximum Gasteiger partial charge on any atom is 0.0747 e. The van der Waals surface area contributed by atoms with Crippen molar-refractivity contribution in [1.29, 1.82) is 0 Å². The van der Waals surface area contributed by atoms with E-state index in [4.69, 9.17) is 0 Å². The highest BCUT2D eigenvalue weighted by Gasteiger charge is 2.11. The maximum absolute atomic E-state index is 12.0. The van der Waals surface area contributed by atoms with E-state index in [1.807, 2.05) is 17.5 Å². The van der Waals surface area contributed by atoms with Crippen molar-refractivity contribution in [2.75, 3.05) is 0 Å². The average Bonchev–Trinajstić information content (AvgIpc) is 2.70. The van der Waals surface area contributed by atoms with Crippen molar-refractivity contribution in [3.63, 3.8) is 0 Å². The summed E-state index contributed by atoms with van der Waals surface area (Å²) >= 11 is 0. The van der Waals surface area contributed by atoms with E-state index in [1.54, 1.807) is 0 Å². The molecule has 0 fully saturated rings. The first-order valence-corrected chi connectivity index (χ1v) is 8.25. The fourth-order valence-corrected chi connectivity index (χ4v) is 3.78. The van der Waals surface area contributed by atoms with Crippen LogP contribution in [-0.2, 0) is 10.8 Å². The van der Waals surface area contributed by atoms with Crippen molar-refractivity contribution in [1.82, 2.24) is 0 Å². The van der Waals surface area contributed by atoms with Crippen LogP contribution in [-0.4, -0.2) is 4.21 Å². The van der Waals surface area contributed by atoms with E-state index in [-0.39, 0.29) is 0 Å². The second-order valence-corrected chi connectivity index (χ2v) is 6.27. The van der Waals surface area contributed by atoms with Gasteiger partial charge in [-0.05, 0) is 23.3 Å². The van der Waals surface area contributed by atoms with Crippen molar-refractivity contribution < 1.29 is 4.21 Å². The van der Waals surface area contributed by atoms with Gasteiger partial charge in [-0.15, -0.1) is 0 Å². The van der Waals surface area contributed by atoms with Crippen LogP contribution in [0.1, 0.15) is 51.9 Å². The molecule has 1 aromatic rings. The van der Waals surface area contributed by atoms with Gasteiger partial charge in [-0.2, -0.15) is 0 Å². The zero-order valence-electron chi connectivity index (χ0n) is 11.2. The summed E-state index contributed by atoms with van der Waals surface area (Å²) in [7, 11) is -0.874. The highest BCUT2D eigenvalue weighted by atomic mass is 32.2. The molecule has 0 bridgehead atoms. The summed E-state index contributed by atoms with van der Waals surface area (Å²) in [5.74, 6) is 0. The molecule has 2 heteroatoms. The molecule has 0 spiro atoms. The van der Waals surface area contributed by atoms with Gasteiger partial charge in [-0.1, -0.05) is 63.3 Å². The van der Waals surface area contributed by atoms with E-state index in [2.05, 4.69) is 19.1 Å². The van der Waals surface area contributed by atoms with Gasteiger partial charge in [-0.3, -0.25) is 0 Å². The second-order valence-electron chi connectivity index (χ2n) is 4.94. The van der Waals surface area contributed by atoms with Gasteiger partial charge in [0.05, 0.1) is 10.8 Å². The number of rotatable bonds is 7. The minimum atomic E-state index is -0.874. The smallest absolute Gasteiger partial charge is 0.0747 e. The molecule has 2 rings (SSSR count). The first-order chi connectivity index (χ1) is 8.83. The Morgan fingerprint density at radius 2 is 1.72 bits per heavy atom. The number of benzene rings is 1. The Kier molecular flexibility index (Phi) is 5.18. The minimum absolute atomic E-state index is 0.874. The Morgan fingerprint density at radius 1 is 1.00 bits per heavy atom. The lowest BCUT2D eigenvalue weighted by Gasteiger charge is -2.02. The molecular weight excluding hydrogens is 240 g/mol. The van der Waals surface area contributed by atoms with Gasteiger partial charge < -0.3 is 0 Å². The standard InChI is InChI=1S/C16H22OS/c1-2-3-4-5-6-7-12-16-15-11-9-8-10-14(15)13-18(16)17/h8-11,13H,2-7,12H2,1H3. The van der Waals surface area contributed by atoms with Crippen LogP contribution in [0.15, 0.2) is 24.3 Å². The first kappa shape index (κ1) is 13.5. The predicted molar refractivity (Wildman–Crippen MR) is 79.7 cm³/mol. The van der Waals surface area contributed by atoms with E-state index in [0.717, 1.165) is 16.5 Å². The van der Waals surface area contributed by atoms with E-state index < -0.39 is 10.8 Å². The number of fused-ring (bicyclic) bond motifs is 1. The van der Waals surface area contributed by atoms with Gasteiger partial charge in [0.1, 0.15) is 0 Å². The molecule has 0 saturated carbocycles. The number of unbranched alkanes of at least 4 members (excludes halogenated alkanes) is 5. The lowest BCUT2D eigenvalue weighted by Crippen LogP contribution is -2.21. The SMILES string of the molecule is CCCCCCCCC1=c2ccccc2=CS1=O. The largest absolute Gasteiger partial charge is 0.250 e. The van der Waals surface area contributed by atoms with Gasteiger partial charge >= 0.3 is 0 Å². The Hall–Kier alpha value is -0.890. The first-order valence-electron chi connectivity index (χ1n) is 7.03. The van der Waals surface area contributed by atoms with E-state index in [1.165, 1.54) is 43.7 Å². The molecule has 0 amide bonds. The molecule has 1 aliphatic heterocycles. The fourth-order valence-electron chi connectivity index (χ4n) is 2.45. The Balaban J connectivity index is 1.91. The second kappa shape index (κ2) is 6.89. The third kappa shape index (κ3) is 3.32. The van der Waals surface area contributed by atoms with Gasteiger partial charge in [0, 0.05) is 10.3 Å². The number of hydrogen-bond donors (Lipinski definition) is 0. The molecule has 1 aliphatic rings. The Morgan fingerprint density at radius 3 is 2.56 bits per heavy atom. The summed E-state index contributed by atoms with van der Waals surface area (Å²) in [4.78, 5) is 1.14. The zero-order valence-corrected chi connectivity index (χ0v) is 12.0. The summed E-state index contributed by atoms with van der Waals surface area (Å²) in [5, 5.41) is 4.25. The molecule has 1 heterocycles. The molecule has 0 N–H and O–H groups in total. The van der Waals surface area contributed by atoms with E-state index >= 15 is 0 Å². The average molecular weight is 262 g/mol. The quantitative estimate of drug-likeness (QED) is 0.690. The molecule has 18 heavy (non-hydrogen) atoms. The van der Waals surface area contributed by atoms with Crippen molar-refractivity contribution in [2.24, 2.45) is 0 Å². The van der Waals surface area contributed by atoms with Gasteiger partial charge in [0.25, 0.3) is 0 Å². The normalized spacial score (nSPS) is 17.6. The van der Waals surface area contributed by atoms with Crippen LogP contribution in [0, 0.1) is 0 Å².